The lowest BCUT2D eigenvalue weighted by atomic mass is 9.73. The normalized spacial score (nSPS) is 32.5. The van der Waals surface area contributed by atoms with Crippen molar-refractivity contribution in [3.63, 3.8) is 0 Å². The van der Waals surface area contributed by atoms with Crippen LogP contribution in [0, 0.1) is 5.92 Å². The second-order valence-corrected chi connectivity index (χ2v) is 6.65. The first-order valence-electron chi connectivity index (χ1n) is 8.36. The van der Waals surface area contributed by atoms with Crippen molar-refractivity contribution in [3.8, 4) is 0 Å². The van der Waals surface area contributed by atoms with Gasteiger partial charge in [0.1, 0.15) is 0 Å². The minimum atomic E-state index is -0.00222. The lowest BCUT2D eigenvalue weighted by molar-refractivity contribution is -0.127. The summed E-state index contributed by atoms with van der Waals surface area (Å²) < 4.78 is 17.5. The molecule has 1 spiro atoms. The highest BCUT2D eigenvalue weighted by Gasteiger charge is 2.41. The van der Waals surface area contributed by atoms with E-state index in [0.29, 0.717) is 12.0 Å². The number of hydrogen-bond acceptors (Lipinski definition) is 4. The Morgan fingerprint density at radius 1 is 1.10 bits per heavy atom. The molecule has 3 aliphatic rings. The molecule has 0 aromatic rings. The minimum absolute atomic E-state index is 0.00222. The van der Waals surface area contributed by atoms with Gasteiger partial charge in [-0.15, -0.1) is 0 Å². The third-order valence-corrected chi connectivity index (χ3v) is 5.37. The van der Waals surface area contributed by atoms with E-state index in [1.54, 1.807) is 0 Å². The van der Waals surface area contributed by atoms with E-state index in [4.69, 9.17) is 14.2 Å². The molecule has 2 heterocycles. The van der Waals surface area contributed by atoms with Gasteiger partial charge in [-0.1, -0.05) is 19.3 Å². The summed E-state index contributed by atoms with van der Waals surface area (Å²) >= 11 is 0. The van der Waals surface area contributed by atoms with Crippen molar-refractivity contribution in [3.05, 3.63) is 0 Å². The molecular formula is C16H29NO3. The van der Waals surface area contributed by atoms with Crippen LogP contribution in [0.3, 0.4) is 0 Å². The molecule has 0 bridgehead atoms. The second kappa shape index (κ2) is 6.73. The predicted octanol–water partition coefficient (Wildman–Crippen LogP) is 2.47. The van der Waals surface area contributed by atoms with Gasteiger partial charge in [0.05, 0.1) is 18.8 Å². The van der Waals surface area contributed by atoms with Crippen LogP contribution >= 0.6 is 0 Å². The Morgan fingerprint density at radius 3 is 2.55 bits per heavy atom. The molecule has 2 aliphatic heterocycles. The van der Waals surface area contributed by atoms with E-state index in [0.717, 1.165) is 26.2 Å². The van der Waals surface area contributed by atoms with Crippen molar-refractivity contribution in [1.82, 2.24) is 5.32 Å². The zero-order valence-corrected chi connectivity index (χ0v) is 12.7. The average Bonchev–Trinajstić information content (AvgIpc) is 2.98. The van der Waals surface area contributed by atoms with Gasteiger partial charge in [-0.25, -0.2) is 0 Å². The Balaban J connectivity index is 1.58. The van der Waals surface area contributed by atoms with Crippen LogP contribution in [0.4, 0.5) is 0 Å². The van der Waals surface area contributed by atoms with E-state index in [-0.39, 0.29) is 11.9 Å². The standard InChI is InChI=1S/C16H29NO3/c1-17-14(11-15-18-9-10-19-15)13-5-8-20-16(12-13)6-3-2-4-7-16/h13-15,17H,2-12H2,1H3. The van der Waals surface area contributed by atoms with Crippen LogP contribution in [0.2, 0.25) is 0 Å². The molecule has 1 N–H and O–H groups in total. The van der Waals surface area contributed by atoms with Gasteiger partial charge < -0.3 is 19.5 Å². The highest BCUT2D eigenvalue weighted by Crippen LogP contribution is 2.42. The lowest BCUT2D eigenvalue weighted by Gasteiger charge is -2.45. The van der Waals surface area contributed by atoms with Gasteiger partial charge in [0, 0.05) is 19.1 Å². The Hall–Kier alpha value is -0.160. The molecule has 0 aromatic carbocycles. The zero-order chi connectivity index (χ0) is 13.8. The Kier molecular flexibility index (Phi) is 4.97. The van der Waals surface area contributed by atoms with Gasteiger partial charge in [0.25, 0.3) is 0 Å². The predicted molar refractivity (Wildman–Crippen MR) is 77.6 cm³/mol. The van der Waals surface area contributed by atoms with Gasteiger partial charge in [-0.2, -0.15) is 0 Å². The van der Waals surface area contributed by atoms with Crippen LogP contribution in [-0.2, 0) is 14.2 Å². The third kappa shape index (κ3) is 3.35. The maximum Gasteiger partial charge on any atom is 0.159 e. The van der Waals surface area contributed by atoms with Crippen molar-refractivity contribution in [2.45, 2.75) is 69.3 Å². The Morgan fingerprint density at radius 2 is 1.85 bits per heavy atom. The summed E-state index contributed by atoms with van der Waals surface area (Å²) in [6, 6.07) is 0.487. The van der Waals surface area contributed by atoms with Crippen LogP contribution in [0.15, 0.2) is 0 Å². The minimum Gasteiger partial charge on any atom is -0.375 e. The topological polar surface area (TPSA) is 39.7 Å². The molecule has 20 heavy (non-hydrogen) atoms. The molecule has 4 heteroatoms. The molecule has 0 radical (unpaired) electrons. The summed E-state index contributed by atoms with van der Waals surface area (Å²) in [5.74, 6) is 0.694. The summed E-state index contributed by atoms with van der Waals surface area (Å²) in [6.07, 6.45) is 9.93. The fourth-order valence-corrected chi connectivity index (χ4v) is 4.25. The van der Waals surface area contributed by atoms with Crippen molar-refractivity contribution in [2.24, 2.45) is 5.92 Å². The van der Waals surface area contributed by atoms with Gasteiger partial charge in [0.2, 0.25) is 0 Å². The highest BCUT2D eigenvalue weighted by atomic mass is 16.7. The molecule has 116 valence electrons. The van der Waals surface area contributed by atoms with Gasteiger partial charge in [0.15, 0.2) is 6.29 Å². The quantitative estimate of drug-likeness (QED) is 0.860. The molecule has 1 saturated carbocycles. The largest absolute Gasteiger partial charge is 0.375 e. The van der Waals surface area contributed by atoms with Crippen molar-refractivity contribution < 1.29 is 14.2 Å². The van der Waals surface area contributed by atoms with E-state index in [1.807, 2.05) is 0 Å². The maximum absolute atomic E-state index is 6.21. The number of nitrogens with one attached hydrogen (secondary N) is 1. The first-order valence-corrected chi connectivity index (χ1v) is 8.36. The second-order valence-electron chi connectivity index (χ2n) is 6.65. The van der Waals surface area contributed by atoms with Gasteiger partial charge in [-0.3, -0.25) is 0 Å². The lowest BCUT2D eigenvalue weighted by Crippen LogP contribution is -2.48. The van der Waals surface area contributed by atoms with Gasteiger partial charge >= 0.3 is 0 Å². The molecule has 3 fully saturated rings. The summed E-state index contributed by atoms with van der Waals surface area (Å²) in [6.45, 7) is 2.42. The third-order valence-electron chi connectivity index (χ3n) is 5.37. The summed E-state index contributed by atoms with van der Waals surface area (Å²) in [7, 11) is 2.07. The van der Waals surface area contributed by atoms with Crippen molar-refractivity contribution in [2.75, 3.05) is 26.9 Å². The molecule has 2 atom stereocenters. The fourth-order valence-electron chi connectivity index (χ4n) is 4.25. The summed E-state index contributed by atoms with van der Waals surface area (Å²) in [5.41, 5.74) is 0.188. The van der Waals surface area contributed by atoms with Crippen molar-refractivity contribution in [1.29, 1.82) is 0 Å². The highest BCUT2D eigenvalue weighted by molar-refractivity contribution is 4.93. The summed E-state index contributed by atoms with van der Waals surface area (Å²) in [5, 5.41) is 3.51. The number of hydrogen-bond donors (Lipinski definition) is 1. The Labute approximate surface area is 122 Å². The molecule has 1 aliphatic carbocycles. The molecular weight excluding hydrogens is 254 g/mol. The molecule has 2 saturated heterocycles. The van der Waals surface area contributed by atoms with E-state index in [9.17, 15) is 0 Å². The van der Waals surface area contributed by atoms with Crippen LogP contribution in [0.5, 0.6) is 0 Å². The van der Waals surface area contributed by atoms with E-state index >= 15 is 0 Å². The van der Waals surface area contributed by atoms with Crippen LogP contribution in [-0.4, -0.2) is 44.8 Å². The van der Waals surface area contributed by atoms with Crippen LogP contribution < -0.4 is 5.32 Å². The van der Waals surface area contributed by atoms with Gasteiger partial charge in [-0.05, 0) is 38.6 Å². The average molecular weight is 283 g/mol. The fraction of sp³-hybridized carbons (Fsp3) is 1.00. The van der Waals surface area contributed by atoms with E-state index in [2.05, 4.69) is 12.4 Å². The maximum atomic E-state index is 6.21. The molecule has 0 aromatic heterocycles. The first-order chi connectivity index (χ1) is 9.81. The monoisotopic (exact) mass is 283 g/mol. The van der Waals surface area contributed by atoms with E-state index in [1.165, 1.54) is 44.9 Å². The Bertz CT molecular complexity index is 293. The molecule has 0 amide bonds. The SMILES string of the molecule is CNC(CC1OCCO1)C1CCOC2(CCCCC2)C1. The summed E-state index contributed by atoms with van der Waals surface area (Å²) in [4.78, 5) is 0. The number of ether oxygens (including phenoxy) is 3. The van der Waals surface area contributed by atoms with Crippen molar-refractivity contribution >= 4 is 0 Å². The first kappa shape index (κ1) is 14.8. The number of rotatable bonds is 4. The zero-order valence-electron chi connectivity index (χ0n) is 12.7. The molecule has 3 rings (SSSR count). The smallest absolute Gasteiger partial charge is 0.159 e. The van der Waals surface area contributed by atoms with Crippen LogP contribution in [0.25, 0.3) is 0 Å². The molecule has 2 unspecified atom stereocenters. The van der Waals surface area contributed by atoms with E-state index < -0.39 is 0 Å². The molecule has 4 nitrogen and oxygen atoms in total. The van der Waals surface area contributed by atoms with Crippen LogP contribution in [0.1, 0.15) is 51.4 Å².